The third kappa shape index (κ3) is 9.28. The van der Waals surface area contributed by atoms with Crippen molar-refractivity contribution in [3.8, 4) is 0 Å². The average molecular weight is 349 g/mol. The summed E-state index contributed by atoms with van der Waals surface area (Å²) in [5, 5.41) is 11.9. The summed E-state index contributed by atoms with van der Waals surface area (Å²) in [6, 6.07) is 3.78. The molecular weight excluding hydrogens is 318 g/mol. The molecule has 0 fully saturated rings. The maximum atomic E-state index is 12.3. The lowest BCUT2D eigenvalue weighted by Crippen LogP contribution is -2.39. The van der Waals surface area contributed by atoms with Crippen molar-refractivity contribution in [3.63, 3.8) is 0 Å². The summed E-state index contributed by atoms with van der Waals surface area (Å²) in [4.78, 5) is 24.7. The van der Waals surface area contributed by atoms with E-state index in [4.69, 9.17) is 5.11 Å². The highest BCUT2D eigenvalue weighted by molar-refractivity contribution is 5.79. The second-order valence-corrected chi connectivity index (χ2v) is 6.07. The Labute approximate surface area is 150 Å². The van der Waals surface area contributed by atoms with Crippen LogP contribution in [0.2, 0.25) is 0 Å². The minimum absolute atomic E-state index is 0.0422. The lowest BCUT2D eigenvalue weighted by molar-refractivity contribution is -0.130. The zero-order valence-electron chi connectivity index (χ0n) is 15.6. The lowest BCUT2D eigenvalue weighted by Gasteiger charge is -2.22. The molecule has 1 amide bonds. The molecule has 7 heteroatoms. The van der Waals surface area contributed by atoms with Crippen molar-refractivity contribution >= 4 is 12.1 Å². The predicted octanol–water partition coefficient (Wildman–Crippen LogP) is 0.383. The molecule has 0 saturated heterocycles. The van der Waals surface area contributed by atoms with Gasteiger partial charge in [-0.3, -0.25) is 14.8 Å². The van der Waals surface area contributed by atoms with E-state index in [9.17, 15) is 4.79 Å². The first-order chi connectivity index (χ1) is 12.1. The molecule has 25 heavy (non-hydrogen) atoms. The van der Waals surface area contributed by atoms with Gasteiger partial charge in [-0.2, -0.15) is 0 Å². The van der Waals surface area contributed by atoms with Crippen molar-refractivity contribution in [2.24, 2.45) is 4.99 Å². The van der Waals surface area contributed by atoms with E-state index in [1.54, 1.807) is 12.4 Å². The molecule has 1 heterocycles. The number of likely N-dealkylation sites (N-methyl/N-ethyl adjacent to an activating group) is 1. The number of nitrogens with one attached hydrogen (secondary N) is 1. The Morgan fingerprint density at radius 1 is 1.40 bits per heavy atom. The van der Waals surface area contributed by atoms with Crippen LogP contribution in [0.15, 0.2) is 23.3 Å². The topological polar surface area (TPSA) is 81.1 Å². The molecule has 0 aliphatic carbocycles. The minimum Gasteiger partial charge on any atom is -0.394 e. The van der Waals surface area contributed by atoms with Gasteiger partial charge in [-0.15, -0.1) is 0 Å². The van der Waals surface area contributed by atoms with Crippen LogP contribution in [0, 0.1) is 0 Å². The molecule has 1 aromatic rings. The van der Waals surface area contributed by atoms with Gasteiger partial charge in [0.15, 0.2) is 0 Å². The maximum absolute atomic E-state index is 12.3. The molecule has 0 atom stereocenters. The number of aliphatic hydroxyl groups is 1. The highest BCUT2D eigenvalue weighted by Gasteiger charge is 2.10. The number of carbonyl (C=O) groups is 1. The molecule has 2 N–H and O–H groups in total. The molecule has 0 aromatic carbocycles. The first kappa shape index (κ1) is 21.2. The minimum atomic E-state index is 0.0422. The van der Waals surface area contributed by atoms with Gasteiger partial charge < -0.3 is 20.2 Å². The second kappa shape index (κ2) is 12.5. The van der Waals surface area contributed by atoms with Crippen LogP contribution in [0.4, 0.5) is 0 Å². The summed E-state index contributed by atoms with van der Waals surface area (Å²) in [6.45, 7) is 5.76. The molecule has 0 aliphatic rings. The van der Waals surface area contributed by atoms with Gasteiger partial charge in [0.25, 0.3) is 0 Å². The number of hydrogen-bond acceptors (Lipinski definition) is 6. The largest absolute Gasteiger partial charge is 0.394 e. The van der Waals surface area contributed by atoms with E-state index in [1.807, 2.05) is 38.1 Å². The van der Waals surface area contributed by atoms with Crippen molar-refractivity contribution in [1.82, 2.24) is 20.1 Å². The van der Waals surface area contributed by atoms with Gasteiger partial charge in [-0.25, -0.2) is 0 Å². The molecule has 0 spiro atoms. The summed E-state index contributed by atoms with van der Waals surface area (Å²) < 4.78 is 0. The third-order valence-corrected chi connectivity index (χ3v) is 3.66. The maximum Gasteiger partial charge on any atom is 0.236 e. The fraction of sp³-hybridized carbons (Fsp3) is 0.611. The predicted molar refractivity (Wildman–Crippen MR) is 101 cm³/mol. The number of carbonyl (C=O) groups excluding carboxylic acids is 1. The van der Waals surface area contributed by atoms with Crippen molar-refractivity contribution < 1.29 is 9.90 Å². The Balaban J connectivity index is 2.39. The number of aromatic nitrogens is 1. The fourth-order valence-electron chi connectivity index (χ4n) is 2.35. The van der Waals surface area contributed by atoms with Gasteiger partial charge >= 0.3 is 0 Å². The molecule has 7 nitrogen and oxygen atoms in total. The quantitative estimate of drug-likeness (QED) is 0.533. The molecule has 1 rings (SSSR count). The van der Waals surface area contributed by atoms with Crippen molar-refractivity contribution in [2.75, 3.05) is 53.4 Å². The number of aliphatic hydroxyl groups excluding tert-OH is 1. The Kier molecular flexibility index (Phi) is 10.6. The van der Waals surface area contributed by atoms with Gasteiger partial charge in [0.2, 0.25) is 5.91 Å². The van der Waals surface area contributed by atoms with E-state index in [2.05, 4.69) is 20.2 Å². The van der Waals surface area contributed by atoms with Gasteiger partial charge in [-0.1, -0.05) is 0 Å². The van der Waals surface area contributed by atoms with Crippen LogP contribution in [-0.4, -0.2) is 85.4 Å². The zero-order chi connectivity index (χ0) is 18.5. The highest BCUT2D eigenvalue weighted by atomic mass is 16.3. The number of aliphatic imine (C=N–C) groups is 1. The molecule has 0 saturated carbocycles. The molecule has 0 bridgehead atoms. The van der Waals surface area contributed by atoms with E-state index in [-0.39, 0.29) is 12.5 Å². The number of hydrogen-bond donors (Lipinski definition) is 2. The van der Waals surface area contributed by atoms with Crippen LogP contribution in [0.1, 0.15) is 24.6 Å². The SMILES string of the molecule is CCN(CCCN(C)C)C(=O)CNCc1cc(/C=N/CCO)ccn1. The summed E-state index contributed by atoms with van der Waals surface area (Å²) in [5.74, 6) is 0.113. The summed E-state index contributed by atoms with van der Waals surface area (Å²) in [5.41, 5.74) is 1.79. The fourth-order valence-corrected chi connectivity index (χ4v) is 2.35. The Morgan fingerprint density at radius 2 is 2.20 bits per heavy atom. The van der Waals surface area contributed by atoms with E-state index in [0.717, 1.165) is 37.3 Å². The van der Waals surface area contributed by atoms with Crippen LogP contribution >= 0.6 is 0 Å². The van der Waals surface area contributed by atoms with Crippen LogP contribution < -0.4 is 5.32 Å². The van der Waals surface area contributed by atoms with Gasteiger partial charge in [-0.05, 0) is 51.7 Å². The standard InChI is InChI=1S/C18H31N5O2/c1-4-23(10-5-9-22(2)3)18(25)15-20-14-17-12-16(6-7-21-17)13-19-8-11-24/h6-7,12-13,20,24H,4-5,8-11,14-15H2,1-3H3/b19-13+. The number of pyridine rings is 1. The number of rotatable bonds is 12. The summed E-state index contributed by atoms with van der Waals surface area (Å²) in [6.07, 6.45) is 4.41. The average Bonchev–Trinajstić information content (AvgIpc) is 2.59. The van der Waals surface area contributed by atoms with Gasteiger partial charge in [0, 0.05) is 32.0 Å². The third-order valence-electron chi connectivity index (χ3n) is 3.66. The van der Waals surface area contributed by atoms with Crippen LogP contribution in [0.3, 0.4) is 0 Å². The Bertz CT molecular complexity index is 534. The highest BCUT2D eigenvalue weighted by Crippen LogP contribution is 2.00. The Morgan fingerprint density at radius 3 is 2.88 bits per heavy atom. The van der Waals surface area contributed by atoms with E-state index < -0.39 is 0 Å². The van der Waals surface area contributed by atoms with Crippen molar-refractivity contribution in [3.05, 3.63) is 29.6 Å². The molecule has 0 unspecified atom stereocenters. The van der Waals surface area contributed by atoms with E-state index in [1.165, 1.54) is 0 Å². The van der Waals surface area contributed by atoms with Crippen molar-refractivity contribution in [1.29, 1.82) is 0 Å². The molecule has 140 valence electrons. The van der Waals surface area contributed by atoms with Crippen molar-refractivity contribution in [2.45, 2.75) is 19.9 Å². The van der Waals surface area contributed by atoms with Crippen LogP contribution in [0.25, 0.3) is 0 Å². The van der Waals surface area contributed by atoms with Gasteiger partial charge in [0.05, 0.1) is 25.4 Å². The van der Waals surface area contributed by atoms with Gasteiger partial charge in [0.1, 0.15) is 0 Å². The first-order valence-electron chi connectivity index (χ1n) is 8.75. The molecular formula is C18H31N5O2. The Hall–Kier alpha value is -1.83. The smallest absolute Gasteiger partial charge is 0.236 e. The molecule has 1 aromatic heterocycles. The van der Waals surface area contributed by atoms with E-state index in [0.29, 0.717) is 19.6 Å². The van der Waals surface area contributed by atoms with Crippen LogP contribution in [-0.2, 0) is 11.3 Å². The normalized spacial score (nSPS) is 11.4. The summed E-state index contributed by atoms with van der Waals surface area (Å²) >= 11 is 0. The molecule has 0 aliphatic heterocycles. The molecule has 0 radical (unpaired) electrons. The second-order valence-electron chi connectivity index (χ2n) is 6.07. The zero-order valence-corrected chi connectivity index (χ0v) is 15.6. The lowest BCUT2D eigenvalue weighted by atomic mass is 10.2. The summed E-state index contributed by atoms with van der Waals surface area (Å²) in [7, 11) is 4.07. The van der Waals surface area contributed by atoms with Crippen LogP contribution in [0.5, 0.6) is 0 Å². The number of amides is 1. The van der Waals surface area contributed by atoms with E-state index >= 15 is 0 Å². The monoisotopic (exact) mass is 349 g/mol. The first-order valence-corrected chi connectivity index (χ1v) is 8.75. The number of nitrogens with zero attached hydrogens (tertiary/aromatic N) is 4.